The van der Waals surface area contributed by atoms with E-state index in [1.165, 1.54) is 22.8 Å². The summed E-state index contributed by atoms with van der Waals surface area (Å²) in [6, 6.07) is 15.9. The van der Waals surface area contributed by atoms with Crippen LogP contribution in [-0.2, 0) is 17.1 Å². The van der Waals surface area contributed by atoms with Crippen LogP contribution in [0.5, 0.6) is 0 Å². The number of hydrogen-bond acceptors (Lipinski definition) is 3. The molecule has 140 valence electrons. The Kier molecular flexibility index (Phi) is 5.46. The lowest BCUT2D eigenvalue weighted by Crippen LogP contribution is -2.18. The van der Waals surface area contributed by atoms with E-state index in [0.717, 1.165) is 0 Å². The lowest BCUT2D eigenvalue weighted by molar-refractivity contribution is 0.101. The zero-order valence-electron chi connectivity index (χ0n) is 14.1. The molecule has 0 unspecified atom stereocenters. The van der Waals surface area contributed by atoms with Crippen LogP contribution in [0.1, 0.15) is 10.5 Å². The molecule has 2 aromatic carbocycles. The highest BCUT2D eigenvalue weighted by molar-refractivity contribution is 7.92. The molecule has 1 amide bonds. The number of carbonyl (C=O) groups is 1. The number of aromatic nitrogens is 1. The maximum Gasteiger partial charge on any atom is 0.272 e. The van der Waals surface area contributed by atoms with Crippen LogP contribution in [0.25, 0.3) is 0 Å². The molecule has 3 rings (SSSR count). The van der Waals surface area contributed by atoms with Gasteiger partial charge in [0.1, 0.15) is 10.8 Å². The molecule has 0 aliphatic carbocycles. The quantitative estimate of drug-likeness (QED) is 0.638. The van der Waals surface area contributed by atoms with Gasteiger partial charge in [0.2, 0.25) is 0 Å². The van der Waals surface area contributed by atoms with Crippen molar-refractivity contribution in [3.05, 3.63) is 76.5 Å². The van der Waals surface area contributed by atoms with E-state index in [1.807, 2.05) is 0 Å². The van der Waals surface area contributed by atoms with E-state index in [-0.39, 0.29) is 26.5 Å². The molecule has 27 heavy (non-hydrogen) atoms. The van der Waals surface area contributed by atoms with Crippen molar-refractivity contribution in [1.82, 2.24) is 4.57 Å². The lowest BCUT2D eigenvalue weighted by Gasteiger charge is -2.14. The van der Waals surface area contributed by atoms with Gasteiger partial charge in [0.25, 0.3) is 15.9 Å². The first-order chi connectivity index (χ1) is 12.8. The van der Waals surface area contributed by atoms with E-state index in [1.54, 1.807) is 49.5 Å². The lowest BCUT2D eigenvalue weighted by atomic mass is 10.2. The minimum absolute atomic E-state index is 0.118. The predicted octanol–water partition coefficient (Wildman–Crippen LogP) is 4.39. The highest BCUT2D eigenvalue weighted by Crippen LogP contribution is 2.28. The first-order valence-electron chi connectivity index (χ1n) is 7.78. The monoisotopic (exact) mass is 423 g/mol. The maximum absolute atomic E-state index is 12.6. The van der Waals surface area contributed by atoms with Crippen LogP contribution >= 0.6 is 23.2 Å². The number of anilines is 2. The van der Waals surface area contributed by atoms with Crippen molar-refractivity contribution < 1.29 is 13.2 Å². The van der Waals surface area contributed by atoms with E-state index >= 15 is 0 Å². The summed E-state index contributed by atoms with van der Waals surface area (Å²) in [6.07, 6.45) is 0. The largest absolute Gasteiger partial charge is 0.329 e. The SMILES string of the molecule is Cn1c(C(=O)Nc2ccccc2NS(=O)(=O)c2ccccc2)cc(Cl)c1Cl. The van der Waals surface area contributed by atoms with Crippen molar-refractivity contribution in [3.63, 3.8) is 0 Å². The summed E-state index contributed by atoms with van der Waals surface area (Å²) in [4.78, 5) is 12.7. The highest BCUT2D eigenvalue weighted by Gasteiger charge is 2.19. The molecular formula is C18H15Cl2N3O3S. The Bertz CT molecular complexity index is 1100. The molecule has 0 radical (unpaired) electrons. The molecule has 0 atom stereocenters. The van der Waals surface area contributed by atoms with Gasteiger partial charge in [-0.25, -0.2) is 8.42 Å². The zero-order chi connectivity index (χ0) is 19.6. The number of rotatable bonds is 5. The Labute approximate surface area is 166 Å². The van der Waals surface area contributed by atoms with Crippen LogP contribution in [0.15, 0.2) is 65.6 Å². The zero-order valence-corrected chi connectivity index (χ0v) is 16.4. The van der Waals surface area contributed by atoms with Crippen molar-refractivity contribution in [2.45, 2.75) is 4.90 Å². The third-order valence-electron chi connectivity index (χ3n) is 3.82. The van der Waals surface area contributed by atoms with Crippen molar-refractivity contribution >= 4 is 50.5 Å². The second-order valence-corrected chi connectivity index (χ2v) is 8.09. The third kappa shape index (κ3) is 4.10. The average molecular weight is 424 g/mol. The van der Waals surface area contributed by atoms with Crippen LogP contribution in [0, 0.1) is 0 Å². The van der Waals surface area contributed by atoms with E-state index in [9.17, 15) is 13.2 Å². The fraction of sp³-hybridized carbons (Fsp3) is 0.0556. The molecule has 0 fully saturated rings. The Morgan fingerprint density at radius 2 is 1.56 bits per heavy atom. The standard InChI is InChI=1S/C18H15Cl2N3O3S/c1-23-16(11-13(19)17(23)20)18(24)21-14-9-5-6-10-15(14)22-27(25,26)12-7-3-2-4-8-12/h2-11,22H,1H3,(H,21,24). The van der Waals surface area contributed by atoms with Gasteiger partial charge < -0.3 is 9.88 Å². The molecule has 9 heteroatoms. The third-order valence-corrected chi connectivity index (χ3v) is 6.05. The van der Waals surface area contributed by atoms with E-state index < -0.39 is 15.9 Å². The van der Waals surface area contributed by atoms with Crippen LogP contribution in [0.3, 0.4) is 0 Å². The molecule has 1 heterocycles. The maximum atomic E-state index is 12.6. The van der Waals surface area contributed by atoms with Crippen LogP contribution < -0.4 is 10.0 Å². The number of nitrogens with zero attached hydrogens (tertiary/aromatic N) is 1. The summed E-state index contributed by atoms with van der Waals surface area (Å²) in [7, 11) is -2.19. The van der Waals surface area contributed by atoms with Gasteiger partial charge in [0.05, 0.1) is 21.3 Å². The fourth-order valence-corrected chi connectivity index (χ4v) is 3.91. The number of nitrogens with one attached hydrogen (secondary N) is 2. The van der Waals surface area contributed by atoms with Gasteiger partial charge in [-0.1, -0.05) is 53.5 Å². The number of benzene rings is 2. The molecule has 0 aliphatic rings. The number of carbonyl (C=O) groups excluding carboxylic acids is 1. The summed E-state index contributed by atoms with van der Waals surface area (Å²) in [6.45, 7) is 0. The predicted molar refractivity (Wildman–Crippen MR) is 107 cm³/mol. The van der Waals surface area contributed by atoms with Gasteiger partial charge >= 0.3 is 0 Å². The smallest absolute Gasteiger partial charge is 0.272 e. The molecule has 0 aliphatic heterocycles. The number of sulfonamides is 1. The van der Waals surface area contributed by atoms with E-state index in [2.05, 4.69) is 10.0 Å². The highest BCUT2D eigenvalue weighted by atomic mass is 35.5. The Morgan fingerprint density at radius 1 is 0.963 bits per heavy atom. The number of para-hydroxylation sites is 2. The van der Waals surface area contributed by atoms with Gasteiger partial charge in [-0.05, 0) is 30.3 Å². The average Bonchev–Trinajstić information content (AvgIpc) is 2.91. The van der Waals surface area contributed by atoms with Gasteiger partial charge in [0.15, 0.2) is 0 Å². The summed E-state index contributed by atoms with van der Waals surface area (Å²) < 4.78 is 29.0. The van der Waals surface area contributed by atoms with Crippen molar-refractivity contribution in [3.8, 4) is 0 Å². The van der Waals surface area contributed by atoms with Crippen molar-refractivity contribution in [2.24, 2.45) is 7.05 Å². The van der Waals surface area contributed by atoms with E-state index in [0.29, 0.717) is 5.69 Å². The molecule has 6 nitrogen and oxygen atoms in total. The summed E-state index contributed by atoms with van der Waals surface area (Å²) >= 11 is 11.9. The molecule has 1 aromatic heterocycles. The first-order valence-corrected chi connectivity index (χ1v) is 10.0. The molecule has 0 bridgehead atoms. The van der Waals surface area contributed by atoms with Crippen LogP contribution in [-0.4, -0.2) is 18.9 Å². The summed E-state index contributed by atoms with van der Waals surface area (Å²) in [5, 5.41) is 3.17. The van der Waals surface area contributed by atoms with Crippen LogP contribution in [0.2, 0.25) is 10.2 Å². The summed E-state index contributed by atoms with van der Waals surface area (Å²) in [5.74, 6) is -0.474. The first kappa shape index (κ1) is 19.3. The fourth-order valence-electron chi connectivity index (χ4n) is 2.43. The molecule has 2 N–H and O–H groups in total. The van der Waals surface area contributed by atoms with Crippen molar-refractivity contribution in [1.29, 1.82) is 0 Å². The van der Waals surface area contributed by atoms with Crippen molar-refractivity contribution in [2.75, 3.05) is 10.0 Å². The minimum atomic E-state index is -3.80. The van der Waals surface area contributed by atoms with E-state index in [4.69, 9.17) is 23.2 Å². The second kappa shape index (κ2) is 7.64. The molecular weight excluding hydrogens is 409 g/mol. The Balaban J connectivity index is 1.88. The van der Waals surface area contributed by atoms with Gasteiger partial charge in [-0.15, -0.1) is 0 Å². The van der Waals surface area contributed by atoms with Gasteiger partial charge in [-0.2, -0.15) is 0 Å². The van der Waals surface area contributed by atoms with Crippen LogP contribution in [0.4, 0.5) is 11.4 Å². The van der Waals surface area contributed by atoms with Gasteiger partial charge in [0, 0.05) is 7.05 Å². The number of amides is 1. The Hall–Kier alpha value is -2.48. The molecule has 0 saturated carbocycles. The normalized spacial score (nSPS) is 11.2. The molecule has 0 saturated heterocycles. The number of hydrogen-bond donors (Lipinski definition) is 2. The minimum Gasteiger partial charge on any atom is -0.329 e. The Morgan fingerprint density at radius 3 is 2.15 bits per heavy atom. The number of halogens is 2. The van der Waals surface area contributed by atoms with Gasteiger partial charge in [-0.3, -0.25) is 9.52 Å². The molecule has 3 aromatic rings. The topological polar surface area (TPSA) is 80.2 Å². The second-order valence-electron chi connectivity index (χ2n) is 5.65. The summed E-state index contributed by atoms with van der Waals surface area (Å²) in [5.41, 5.74) is 0.780. The molecule has 0 spiro atoms.